The first-order valence-electron chi connectivity index (χ1n) is 8.44. The van der Waals surface area contributed by atoms with Crippen molar-refractivity contribution in [2.45, 2.75) is 25.4 Å². The highest BCUT2D eigenvalue weighted by atomic mass is 16.5. The van der Waals surface area contributed by atoms with Crippen molar-refractivity contribution < 1.29 is 9.47 Å². The molecule has 3 rings (SSSR count). The van der Waals surface area contributed by atoms with Crippen LogP contribution in [0.4, 0.5) is 5.69 Å². The molecule has 1 heterocycles. The Kier molecular flexibility index (Phi) is 5.69. The molecule has 24 heavy (non-hydrogen) atoms. The van der Waals surface area contributed by atoms with Crippen molar-refractivity contribution in [1.29, 1.82) is 0 Å². The lowest BCUT2D eigenvalue weighted by Gasteiger charge is -2.16. The molecule has 4 N–H and O–H groups in total. The van der Waals surface area contributed by atoms with Gasteiger partial charge in [0.15, 0.2) is 0 Å². The van der Waals surface area contributed by atoms with Crippen molar-refractivity contribution in [3.8, 4) is 5.75 Å². The summed E-state index contributed by atoms with van der Waals surface area (Å²) in [4.78, 5) is 0. The molecule has 0 aromatic heterocycles. The molecule has 1 aliphatic heterocycles. The monoisotopic (exact) mass is 327 g/mol. The Morgan fingerprint density at radius 2 is 1.75 bits per heavy atom. The average Bonchev–Trinajstić information content (AvgIpc) is 3.10. The van der Waals surface area contributed by atoms with Gasteiger partial charge >= 0.3 is 0 Å². The second kappa shape index (κ2) is 8.15. The van der Waals surface area contributed by atoms with E-state index in [1.165, 1.54) is 11.1 Å². The fourth-order valence-corrected chi connectivity index (χ4v) is 2.96. The zero-order chi connectivity index (χ0) is 16.8. The molecule has 1 fully saturated rings. The summed E-state index contributed by atoms with van der Waals surface area (Å²) >= 11 is 0. The van der Waals surface area contributed by atoms with E-state index in [-0.39, 0.29) is 12.1 Å². The predicted octanol–water partition coefficient (Wildman–Crippen LogP) is 2.96. The van der Waals surface area contributed by atoms with E-state index in [1.54, 1.807) is 0 Å². The highest BCUT2D eigenvalue weighted by Gasteiger charge is 2.27. The second-order valence-corrected chi connectivity index (χ2v) is 5.88. The molecule has 1 saturated heterocycles. The molecule has 0 saturated carbocycles. The van der Waals surface area contributed by atoms with Gasteiger partial charge in [0.1, 0.15) is 12.4 Å². The van der Waals surface area contributed by atoms with Gasteiger partial charge in [0, 0.05) is 23.9 Å². The third kappa shape index (κ3) is 4.06. The molecule has 0 radical (unpaired) electrons. The molecule has 5 nitrogen and oxygen atoms in total. The van der Waals surface area contributed by atoms with Crippen LogP contribution in [0.1, 0.15) is 36.6 Å². The van der Waals surface area contributed by atoms with Crippen molar-refractivity contribution in [1.82, 2.24) is 10.9 Å². The molecule has 0 bridgehead atoms. The fraction of sp³-hybridized carbons (Fsp3) is 0.368. The maximum Gasteiger partial charge on any atom is 0.124 e. The van der Waals surface area contributed by atoms with Crippen LogP contribution in [0, 0.1) is 0 Å². The molecule has 128 valence electrons. The predicted molar refractivity (Wildman–Crippen MR) is 95.7 cm³/mol. The number of hydrogen-bond acceptors (Lipinski definition) is 5. The summed E-state index contributed by atoms with van der Waals surface area (Å²) in [5, 5.41) is 0. The summed E-state index contributed by atoms with van der Waals surface area (Å²) in [6, 6.07) is 16.7. The van der Waals surface area contributed by atoms with E-state index < -0.39 is 0 Å². The topological polar surface area (TPSA) is 68.5 Å². The lowest BCUT2D eigenvalue weighted by Crippen LogP contribution is -2.27. The van der Waals surface area contributed by atoms with Gasteiger partial charge in [-0.25, -0.2) is 10.9 Å². The maximum absolute atomic E-state index is 5.90. The van der Waals surface area contributed by atoms with Crippen molar-refractivity contribution in [2.75, 3.05) is 25.6 Å². The third-order valence-corrected chi connectivity index (χ3v) is 4.23. The van der Waals surface area contributed by atoms with Gasteiger partial charge in [-0.15, -0.1) is 0 Å². The average molecular weight is 327 g/mol. The summed E-state index contributed by atoms with van der Waals surface area (Å²) in [5.74, 6) is 0.912. The zero-order valence-electron chi connectivity index (χ0n) is 14.0. The van der Waals surface area contributed by atoms with Crippen LogP contribution in [-0.2, 0) is 4.74 Å². The number of rotatable bonds is 7. The van der Waals surface area contributed by atoms with Crippen molar-refractivity contribution in [3.63, 3.8) is 0 Å². The summed E-state index contributed by atoms with van der Waals surface area (Å²) in [6.45, 7) is 3.86. The number of ether oxygens (including phenoxy) is 2. The minimum Gasteiger partial charge on any atom is -0.491 e. The van der Waals surface area contributed by atoms with Gasteiger partial charge < -0.3 is 15.2 Å². The van der Waals surface area contributed by atoms with Crippen LogP contribution in [0.5, 0.6) is 5.75 Å². The van der Waals surface area contributed by atoms with Crippen LogP contribution in [0.25, 0.3) is 0 Å². The van der Waals surface area contributed by atoms with Crippen LogP contribution in [0.2, 0.25) is 0 Å². The number of hydrazine groups is 1. The zero-order valence-corrected chi connectivity index (χ0v) is 14.0. The molecule has 5 heteroatoms. The van der Waals surface area contributed by atoms with Gasteiger partial charge in [0.25, 0.3) is 0 Å². The molecular weight excluding hydrogens is 302 g/mol. The number of nitrogens with two attached hydrogens (primary N) is 1. The van der Waals surface area contributed by atoms with Crippen molar-refractivity contribution >= 4 is 5.69 Å². The molecule has 0 amide bonds. The Hall–Kier alpha value is -2.08. The van der Waals surface area contributed by atoms with Gasteiger partial charge in [-0.2, -0.15) is 0 Å². The van der Waals surface area contributed by atoms with E-state index in [0.717, 1.165) is 17.9 Å². The highest BCUT2D eigenvalue weighted by molar-refractivity contribution is 5.41. The molecule has 2 aromatic carbocycles. The fourth-order valence-electron chi connectivity index (χ4n) is 2.96. The summed E-state index contributed by atoms with van der Waals surface area (Å²) in [7, 11) is 0. The second-order valence-electron chi connectivity index (χ2n) is 5.88. The van der Waals surface area contributed by atoms with E-state index in [1.807, 2.05) is 37.3 Å². The van der Waals surface area contributed by atoms with Gasteiger partial charge in [-0.1, -0.05) is 30.3 Å². The normalized spacial score (nSPS) is 20.2. The van der Waals surface area contributed by atoms with E-state index in [9.17, 15) is 0 Å². The number of benzene rings is 2. The number of nitrogen functional groups attached to an aromatic ring is 1. The van der Waals surface area contributed by atoms with Crippen LogP contribution in [0.3, 0.4) is 0 Å². The molecule has 0 aliphatic carbocycles. The standard InChI is InChI=1S/C19H25N3O2/c1-2-23-11-12-24-19-6-4-3-5-16(19)18-13-17(21-22-18)14-7-9-15(20)10-8-14/h3-10,17-18,21-22H,2,11-13,20H2,1H3. The third-order valence-electron chi connectivity index (χ3n) is 4.23. The van der Waals surface area contributed by atoms with Crippen LogP contribution >= 0.6 is 0 Å². The molecule has 2 aromatic rings. The Bertz CT molecular complexity index is 645. The lowest BCUT2D eigenvalue weighted by atomic mass is 9.97. The maximum atomic E-state index is 5.90. The minimum atomic E-state index is 0.204. The Morgan fingerprint density at radius 3 is 2.54 bits per heavy atom. The number of anilines is 1. The van der Waals surface area contributed by atoms with Crippen molar-refractivity contribution in [2.24, 2.45) is 0 Å². The Balaban J connectivity index is 1.66. The van der Waals surface area contributed by atoms with Gasteiger partial charge in [0.2, 0.25) is 0 Å². The van der Waals surface area contributed by atoms with Crippen LogP contribution in [0.15, 0.2) is 48.5 Å². The van der Waals surface area contributed by atoms with Gasteiger partial charge in [0.05, 0.1) is 12.6 Å². The SMILES string of the molecule is CCOCCOc1ccccc1C1CC(c2ccc(N)cc2)NN1. The Morgan fingerprint density at radius 1 is 1.00 bits per heavy atom. The van der Waals surface area contributed by atoms with Gasteiger partial charge in [-0.05, 0) is 37.1 Å². The molecule has 2 unspecified atom stereocenters. The molecule has 0 spiro atoms. The first-order chi connectivity index (χ1) is 11.8. The summed E-state index contributed by atoms with van der Waals surface area (Å²) in [6.07, 6.45) is 0.954. The van der Waals surface area contributed by atoms with E-state index in [4.69, 9.17) is 15.2 Å². The van der Waals surface area contributed by atoms with Crippen LogP contribution < -0.4 is 21.3 Å². The first-order valence-corrected chi connectivity index (χ1v) is 8.44. The van der Waals surface area contributed by atoms with E-state index >= 15 is 0 Å². The van der Waals surface area contributed by atoms with E-state index in [2.05, 4.69) is 29.1 Å². The van der Waals surface area contributed by atoms with Gasteiger partial charge in [-0.3, -0.25) is 0 Å². The summed E-state index contributed by atoms with van der Waals surface area (Å²) < 4.78 is 11.2. The quantitative estimate of drug-likeness (QED) is 0.539. The lowest BCUT2D eigenvalue weighted by molar-refractivity contribution is 0.109. The van der Waals surface area contributed by atoms with Crippen LogP contribution in [-0.4, -0.2) is 19.8 Å². The van der Waals surface area contributed by atoms with E-state index in [0.29, 0.717) is 19.8 Å². The number of hydrogen-bond donors (Lipinski definition) is 3. The molecule has 2 atom stereocenters. The smallest absolute Gasteiger partial charge is 0.124 e. The molecule has 1 aliphatic rings. The summed E-state index contributed by atoms with van der Waals surface area (Å²) in [5.41, 5.74) is 15.7. The van der Waals surface area contributed by atoms with Crippen molar-refractivity contribution in [3.05, 3.63) is 59.7 Å². The Labute approximate surface area is 143 Å². The molecular formula is C19H25N3O2. The number of para-hydroxylation sites is 1. The highest BCUT2D eigenvalue weighted by Crippen LogP contribution is 2.35. The minimum absolute atomic E-state index is 0.204. The first kappa shape index (κ1) is 16.8. The largest absolute Gasteiger partial charge is 0.491 e. The number of nitrogens with one attached hydrogen (secondary N) is 2.